The Labute approximate surface area is 140 Å². The van der Waals surface area contributed by atoms with E-state index in [-0.39, 0.29) is 12.1 Å². The predicted molar refractivity (Wildman–Crippen MR) is 93.4 cm³/mol. The fourth-order valence-electron chi connectivity index (χ4n) is 3.30. The first kappa shape index (κ1) is 15.0. The molecule has 1 saturated carbocycles. The van der Waals surface area contributed by atoms with Gasteiger partial charge in [-0.1, -0.05) is 12.8 Å². The van der Waals surface area contributed by atoms with Crippen LogP contribution in [0.1, 0.15) is 25.7 Å². The molecule has 7 nitrogen and oxygen atoms in total. The smallest absolute Gasteiger partial charge is 0.223 e. The van der Waals surface area contributed by atoms with E-state index in [0.717, 1.165) is 34.9 Å². The van der Waals surface area contributed by atoms with Gasteiger partial charge in [-0.2, -0.15) is 5.10 Å². The van der Waals surface area contributed by atoms with E-state index >= 15 is 0 Å². The molecule has 1 aliphatic rings. The van der Waals surface area contributed by atoms with E-state index in [4.69, 9.17) is 10.7 Å². The number of nitrogens with one attached hydrogen (secondary N) is 1. The summed E-state index contributed by atoms with van der Waals surface area (Å²) in [5.74, 6) is 0.626. The van der Waals surface area contributed by atoms with Crippen LogP contribution in [0.4, 0.5) is 5.95 Å². The minimum absolute atomic E-state index is 0.160. The summed E-state index contributed by atoms with van der Waals surface area (Å²) in [6.45, 7) is 0. The maximum Gasteiger partial charge on any atom is 0.223 e. The summed E-state index contributed by atoms with van der Waals surface area (Å²) >= 11 is 0. The van der Waals surface area contributed by atoms with Crippen molar-refractivity contribution in [3.05, 3.63) is 31.0 Å². The fraction of sp³-hybridized carbons (Fsp3) is 0.412. The van der Waals surface area contributed by atoms with Gasteiger partial charge >= 0.3 is 0 Å². The van der Waals surface area contributed by atoms with Gasteiger partial charge in [0.25, 0.3) is 0 Å². The Morgan fingerprint density at radius 3 is 2.83 bits per heavy atom. The summed E-state index contributed by atoms with van der Waals surface area (Å²) in [4.78, 5) is 13.5. The maximum absolute atomic E-state index is 6.22. The third kappa shape index (κ3) is 2.82. The molecule has 0 bridgehead atoms. The van der Waals surface area contributed by atoms with Gasteiger partial charge in [0, 0.05) is 60.4 Å². The summed E-state index contributed by atoms with van der Waals surface area (Å²) in [6.07, 6.45) is 13.7. The second-order valence-corrected chi connectivity index (χ2v) is 6.42. The van der Waals surface area contributed by atoms with Crippen molar-refractivity contribution in [2.75, 3.05) is 5.32 Å². The highest BCUT2D eigenvalue weighted by Gasteiger charge is 2.22. The molecule has 0 radical (unpaired) electrons. The van der Waals surface area contributed by atoms with E-state index < -0.39 is 0 Å². The minimum Gasteiger partial charge on any atom is -0.350 e. The molecule has 4 rings (SSSR count). The minimum atomic E-state index is 0.160. The van der Waals surface area contributed by atoms with Crippen LogP contribution in [0, 0.1) is 0 Å². The van der Waals surface area contributed by atoms with Crippen LogP contribution in [0.5, 0.6) is 0 Å². The van der Waals surface area contributed by atoms with Gasteiger partial charge in [-0.3, -0.25) is 9.67 Å². The number of nitrogens with zero attached hydrogens (tertiary/aromatic N) is 5. The number of aryl methyl sites for hydroxylation is 1. The fourth-order valence-corrected chi connectivity index (χ4v) is 3.30. The summed E-state index contributed by atoms with van der Waals surface area (Å²) in [5.41, 5.74) is 9.05. The SMILES string of the molecule is Cn1cc(-c2cncc3cnc(NC4CCCCC4N)nc23)cn1. The summed E-state index contributed by atoms with van der Waals surface area (Å²) in [5, 5.41) is 8.57. The summed E-state index contributed by atoms with van der Waals surface area (Å²) in [6, 6.07) is 0.396. The topological polar surface area (TPSA) is 94.5 Å². The van der Waals surface area contributed by atoms with Gasteiger partial charge in [-0.05, 0) is 12.8 Å². The van der Waals surface area contributed by atoms with Gasteiger partial charge in [-0.15, -0.1) is 0 Å². The van der Waals surface area contributed by atoms with Crippen LogP contribution in [0.3, 0.4) is 0 Å². The van der Waals surface area contributed by atoms with Crippen LogP contribution in [0.2, 0.25) is 0 Å². The molecule has 1 aliphatic carbocycles. The Morgan fingerprint density at radius 2 is 2.04 bits per heavy atom. The van der Waals surface area contributed by atoms with Gasteiger partial charge in [0.2, 0.25) is 5.95 Å². The average molecular weight is 323 g/mol. The number of rotatable bonds is 3. The summed E-state index contributed by atoms with van der Waals surface area (Å²) < 4.78 is 1.77. The zero-order valence-corrected chi connectivity index (χ0v) is 13.7. The zero-order valence-electron chi connectivity index (χ0n) is 13.7. The predicted octanol–water partition coefficient (Wildman–Crippen LogP) is 2.11. The van der Waals surface area contributed by atoms with Crippen molar-refractivity contribution in [3.8, 4) is 11.1 Å². The molecule has 3 N–H and O–H groups in total. The lowest BCUT2D eigenvalue weighted by Crippen LogP contribution is -2.42. The monoisotopic (exact) mass is 323 g/mol. The van der Waals surface area contributed by atoms with E-state index in [0.29, 0.717) is 5.95 Å². The number of pyridine rings is 1. The maximum atomic E-state index is 6.22. The third-order valence-electron chi connectivity index (χ3n) is 4.64. The Hall–Kier alpha value is -2.54. The van der Waals surface area contributed by atoms with Crippen molar-refractivity contribution >= 4 is 16.9 Å². The Kier molecular flexibility index (Phi) is 3.86. The highest BCUT2D eigenvalue weighted by Crippen LogP contribution is 2.27. The first-order valence-electron chi connectivity index (χ1n) is 8.32. The van der Waals surface area contributed by atoms with E-state index in [9.17, 15) is 0 Å². The molecular formula is C17H21N7. The standard InChI is InChI=1S/C17H21N7/c1-24-10-12(8-21-24)13-9-19-6-11-7-20-17(23-16(11)13)22-15-5-3-2-4-14(15)18/h6-10,14-15H,2-5,18H2,1H3,(H,20,22,23). The number of nitrogens with two attached hydrogens (primary N) is 1. The summed E-state index contributed by atoms with van der Waals surface area (Å²) in [7, 11) is 1.90. The molecule has 7 heteroatoms. The van der Waals surface area contributed by atoms with Crippen LogP contribution in [-0.2, 0) is 7.05 Å². The van der Waals surface area contributed by atoms with Gasteiger partial charge in [0.15, 0.2) is 0 Å². The van der Waals surface area contributed by atoms with Crippen molar-refractivity contribution in [2.24, 2.45) is 12.8 Å². The number of fused-ring (bicyclic) bond motifs is 1. The average Bonchev–Trinajstić information content (AvgIpc) is 3.03. The van der Waals surface area contributed by atoms with Crippen molar-refractivity contribution < 1.29 is 0 Å². The molecule has 124 valence electrons. The van der Waals surface area contributed by atoms with E-state index in [1.54, 1.807) is 10.9 Å². The molecule has 1 fully saturated rings. The molecule has 2 unspecified atom stereocenters. The molecule has 0 spiro atoms. The highest BCUT2D eigenvalue weighted by atomic mass is 15.2. The molecule has 24 heavy (non-hydrogen) atoms. The first-order chi connectivity index (χ1) is 11.7. The van der Waals surface area contributed by atoms with E-state index in [2.05, 4.69) is 20.4 Å². The van der Waals surface area contributed by atoms with Crippen molar-refractivity contribution in [1.82, 2.24) is 24.7 Å². The normalized spacial score (nSPS) is 21.1. The quantitative estimate of drug-likeness (QED) is 0.766. The Bertz CT molecular complexity index is 857. The molecule has 3 aromatic heterocycles. The van der Waals surface area contributed by atoms with Crippen LogP contribution in [0.15, 0.2) is 31.0 Å². The second-order valence-electron chi connectivity index (χ2n) is 6.42. The molecule has 3 heterocycles. The molecule has 3 aromatic rings. The lowest BCUT2D eigenvalue weighted by Gasteiger charge is -2.29. The zero-order chi connectivity index (χ0) is 16.5. The van der Waals surface area contributed by atoms with Gasteiger partial charge in [-0.25, -0.2) is 9.97 Å². The van der Waals surface area contributed by atoms with Gasteiger partial charge in [0.05, 0.1) is 11.7 Å². The number of aromatic nitrogens is 5. The highest BCUT2D eigenvalue weighted by molar-refractivity contribution is 5.92. The van der Waals surface area contributed by atoms with Crippen molar-refractivity contribution in [1.29, 1.82) is 0 Å². The largest absolute Gasteiger partial charge is 0.350 e. The Balaban J connectivity index is 1.71. The van der Waals surface area contributed by atoms with E-state index in [1.165, 1.54) is 12.8 Å². The van der Waals surface area contributed by atoms with Crippen LogP contribution < -0.4 is 11.1 Å². The molecular weight excluding hydrogens is 302 g/mol. The van der Waals surface area contributed by atoms with Crippen molar-refractivity contribution in [3.63, 3.8) is 0 Å². The van der Waals surface area contributed by atoms with Crippen LogP contribution in [0.25, 0.3) is 22.0 Å². The van der Waals surface area contributed by atoms with E-state index in [1.807, 2.05) is 31.8 Å². The Morgan fingerprint density at radius 1 is 1.17 bits per heavy atom. The number of anilines is 1. The third-order valence-corrected chi connectivity index (χ3v) is 4.64. The lowest BCUT2D eigenvalue weighted by atomic mass is 9.91. The molecule has 0 amide bonds. The lowest BCUT2D eigenvalue weighted by molar-refractivity contribution is 0.402. The van der Waals surface area contributed by atoms with Crippen LogP contribution in [-0.4, -0.2) is 36.8 Å². The van der Waals surface area contributed by atoms with Crippen LogP contribution >= 0.6 is 0 Å². The number of hydrogen-bond acceptors (Lipinski definition) is 6. The molecule has 0 saturated heterocycles. The molecule has 0 aliphatic heterocycles. The molecule has 0 aromatic carbocycles. The van der Waals surface area contributed by atoms with Gasteiger partial charge in [0.1, 0.15) is 0 Å². The number of hydrogen-bond donors (Lipinski definition) is 2. The van der Waals surface area contributed by atoms with Crippen molar-refractivity contribution in [2.45, 2.75) is 37.8 Å². The first-order valence-corrected chi connectivity index (χ1v) is 8.32. The second kappa shape index (κ2) is 6.16. The molecule has 2 atom stereocenters. The van der Waals surface area contributed by atoms with Gasteiger partial charge < -0.3 is 11.1 Å².